The number of rotatable bonds is 5. The van der Waals surface area contributed by atoms with E-state index in [1.807, 2.05) is 25.1 Å². The van der Waals surface area contributed by atoms with Crippen molar-refractivity contribution in [3.8, 4) is 5.75 Å². The number of carbonyl (C=O) groups is 1. The summed E-state index contributed by atoms with van der Waals surface area (Å²) in [6.45, 7) is 2.55. The highest BCUT2D eigenvalue weighted by molar-refractivity contribution is 7.23. The van der Waals surface area contributed by atoms with Crippen LogP contribution in [0.25, 0.3) is 20.4 Å². The van der Waals surface area contributed by atoms with Gasteiger partial charge in [-0.2, -0.15) is 0 Å². The average molecular weight is 501 g/mol. The summed E-state index contributed by atoms with van der Waals surface area (Å²) in [7, 11) is 0. The Bertz CT molecular complexity index is 1560. The Hall–Kier alpha value is -3.49. The van der Waals surface area contributed by atoms with Gasteiger partial charge in [0.1, 0.15) is 15.5 Å². The van der Waals surface area contributed by atoms with Crippen LogP contribution in [0, 0.1) is 0 Å². The number of nitrogens with one attached hydrogen (secondary N) is 1. The van der Waals surface area contributed by atoms with E-state index in [4.69, 9.17) is 15.5 Å². The maximum Gasteiger partial charge on any atom is 0.269 e. The second-order valence-electron chi connectivity index (χ2n) is 8.68. The number of amides is 1. The summed E-state index contributed by atoms with van der Waals surface area (Å²) < 4.78 is 6.52. The molecule has 3 aromatic heterocycles. The van der Waals surface area contributed by atoms with Gasteiger partial charge < -0.3 is 10.5 Å². The number of hydrogen-bond acceptors (Lipinski definition) is 7. The third-order valence-corrected chi connectivity index (χ3v) is 8.50. The summed E-state index contributed by atoms with van der Waals surface area (Å²) in [5.41, 5.74) is 11.5. The minimum Gasteiger partial charge on any atom is -0.494 e. The first-order chi connectivity index (χ1) is 17.1. The lowest BCUT2D eigenvalue weighted by Gasteiger charge is -2.24. The van der Waals surface area contributed by atoms with E-state index in [0.717, 1.165) is 51.1 Å². The van der Waals surface area contributed by atoms with Gasteiger partial charge in [0.25, 0.3) is 5.91 Å². The van der Waals surface area contributed by atoms with Crippen molar-refractivity contribution < 1.29 is 9.53 Å². The molecule has 1 unspecified atom stereocenters. The molecule has 0 radical (unpaired) electrons. The number of aryl methyl sites for hydroxylation is 1. The van der Waals surface area contributed by atoms with Crippen LogP contribution in [-0.4, -0.2) is 22.5 Å². The molecule has 1 atom stereocenters. The molecule has 1 aliphatic rings. The zero-order valence-corrected chi connectivity index (χ0v) is 20.8. The first-order valence-corrected chi connectivity index (χ1v) is 13.3. The fourth-order valence-electron chi connectivity index (χ4n) is 4.74. The normalized spacial score (nSPS) is 15.3. The molecule has 35 heavy (non-hydrogen) atoms. The van der Waals surface area contributed by atoms with Gasteiger partial charge in [-0.3, -0.25) is 10.1 Å². The van der Waals surface area contributed by atoms with Crippen molar-refractivity contribution in [2.24, 2.45) is 0 Å². The molecule has 6 rings (SSSR count). The van der Waals surface area contributed by atoms with E-state index in [1.54, 1.807) is 0 Å². The number of ether oxygens (including phenoxy) is 1. The number of nitrogens with zero attached hydrogens (tertiary/aromatic N) is 2. The highest BCUT2D eigenvalue weighted by atomic mass is 32.1. The van der Waals surface area contributed by atoms with E-state index >= 15 is 0 Å². The predicted molar refractivity (Wildman–Crippen MR) is 144 cm³/mol. The number of nitrogen functional groups attached to an aromatic ring is 1. The molecule has 0 aliphatic heterocycles. The largest absolute Gasteiger partial charge is 0.494 e. The summed E-state index contributed by atoms with van der Waals surface area (Å²) >= 11 is 2.76. The number of anilines is 2. The van der Waals surface area contributed by atoms with Crippen LogP contribution in [0.1, 0.15) is 45.8 Å². The van der Waals surface area contributed by atoms with Gasteiger partial charge in [-0.15, -0.1) is 11.3 Å². The van der Waals surface area contributed by atoms with Gasteiger partial charge in [0.15, 0.2) is 5.13 Å². The number of fused-ring (bicyclic) bond motifs is 3. The first kappa shape index (κ1) is 22.0. The minimum atomic E-state index is -0.255. The van der Waals surface area contributed by atoms with Gasteiger partial charge in [-0.05, 0) is 67.5 Å². The molecule has 0 fully saturated rings. The maximum atomic E-state index is 13.1. The van der Waals surface area contributed by atoms with Crippen molar-refractivity contribution in [3.63, 3.8) is 0 Å². The van der Waals surface area contributed by atoms with E-state index in [2.05, 4.69) is 46.7 Å². The van der Waals surface area contributed by atoms with Crippen LogP contribution >= 0.6 is 22.7 Å². The molecule has 5 aromatic rings. The third kappa shape index (κ3) is 4.13. The lowest BCUT2D eigenvalue weighted by atomic mass is 9.82. The van der Waals surface area contributed by atoms with Crippen LogP contribution < -0.4 is 15.8 Å². The van der Waals surface area contributed by atoms with Crippen LogP contribution in [0.3, 0.4) is 0 Å². The van der Waals surface area contributed by atoms with Gasteiger partial charge >= 0.3 is 0 Å². The van der Waals surface area contributed by atoms with Gasteiger partial charge in [0.05, 0.1) is 22.5 Å². The monoisotopic (exact) mass is 500 g/mol. The van der Waals surface area contributed by atoms with Gasteiger partial charge in [-0.1, -0.05) is 41.7 Å². The Morgan fingerprint density at radius 1 is 1.14 bits per heavy atom. The second kappa shape index (κ2) is 8.94. The van der Waals surface area contributed by atoms with Crippen molar-refractivity contribution in [2.75, 3.05) is 17.7 Å². The summed E-state index contributed by atoms with van der Waals surface area (Å²) in [6, 6.07) is 18.5. The Morgan fingerprint density at radius 2 is 2.00 bits per heavy atom. The number of nitrogens with two attached hydrogens (primary N) is 1. The summed E-state index contributed by atoms with van der Waals surface area (Å²) in [4.78, 5) is 23.9. The van der Waals surface area contributed by atoms with Crippen molar-refractivity contribution in [3.05, 3.63) is 76.3 Å². The van der Waals surface area contributed by atoms with Crippen molar-refractivity contribution >= 4 is 59.8 Å². The molecular weight excluding hydrogens is 476 g/mol. The topological polar surface area (TPSA) is 90.1 Å². The molecule has 3 N–H and O–H groups in total. The lowest BCUT2D eigenvalue weighted by Crippen LogP contribution is -2.14. The number of hydrogen-bond donors (Lipinski definition) is 2. The highest BCUT2D eigenvalue weighted by Gasteiger charge is 2.25. The fourth-order valence-corrected chi connectivity index (χ4v) is 6.62. The number of thiazole rings is 1. The van der Waals surface area contributed by atoms with Gasteiger partial charge in [-0.25, -0.2) is 9.97 Å². The molecule has 0 saturated carbocycles. The Morgan fingerprint density at radius 3 is 2.83 bits per heavy atom. The Labute approximate surface area is 210 Å². The second-order valence-corrected chi connectivity index (χ2v) is 10.7. The number of carbonyl (C=O) groups excluding carboxylic acids is 1. The zero-order valence-electron chi connectivity index (χ0n) is 19.2. The molecule has 0 saturated heterocycles. The van der Waals surface area contributed by atoms with Crippen LogP contribution in [0.15, 0.2) is 54.6 Å². The highest BCUT2D eigenvalue weighted by Crippen LogP contribution is 2.39. The maximum absolute atomic E-state index is 13.1. The van der Waals surface area contributed by atoms with E-state index in [-0.39, 0.29) is 5.91 Å². The van der Waals surface area contributed by atoms with E-state index in [0.29, 0.717) is 28.2 Å². The van der Waals surface area contributed by atoms with Crippen molar-refractivity contribution in [1.82, 2.24) is 9.97 Å². The number of thiophene rings is 1. The smallest absolute Gasteiger partial charge is 0.269 e. The third-order valence-electron chi connectivity index (χ3n) is 6.45. The summed E-state index contributed by atoms with van der Waals surface area (Å²) in [5, 5.41) is 4.32. The zero-order chi connectivity index (χ0) is 23.9. The molecule has 6 nitrogen and oxygen atoms in total. The SMILES string of the molecule is CCOc1ccc2nc(NC(=O)c3sc4nc5c(cc4c3N)CC(c3ccccc3)CC5)sc2c1. The predicted octanol–water partition coefficient (Wildman–Crippen LogP) is 6.41. The fraction of sp³-hybridized carbons (Fsp3) is 0.222. The quantitative estimate of drug-likeness (QED) is 0.291. The molecular formula is C27H24N4O2S2. The first-order valence-electron chi connectivity index (χ1n) is 11.7. The molecule has 8 heteroatoms. The molecule has 0 spiro atoms. The van der Waals surface area contributed by atoms with E-state index < -0.39 is 0 Å². The molecule has 176 valence electrons. The standard InChI is InChI=1S/C27H24N4O2S2/c1-2-33-18-9-11-21-22(14-18)34-27(30-21)31-25(32)24-23(28)19-13-17-12-16(15-6-4-3-5-7-15)8-10-20(17)29-26(19)35-24/h3-7,9,11,13-14,16H,2,8,10,12,28H2,1H3,(H,30,31,32). The molecule has 2 aromatic carbocycles. The number of pyridine rings is 1. The van der Waals surface area contributed by atoms with Crippen LogP contribution in [0.5, 0.6) is 5.75 Å². The number of aromatic nitrogens is 2. The molecule has 0 bridgehead atoms. The molecule has 1 amide bonds. The minimum absolute atomic E-state index is 0.255. The Kier molecular flexibility index (Phi) is 5.62. The van der Waals surface area contributed by atoms with Gasteiger partial charge in [0.2, 0.25) is 0 Å². The van der Waals surface area contributed by atoms with Crippen LogP contribution in [-0.2, 0) is 12.8 Å². The van der Waals surface area contributed by atoms with Crippen LogP contribution in [0.4, 0.5) is 10.8 Å². The van der Waals surface area contributed by atoms with E-state index in [1.165, 1.54) is 33.8 Å². The summed E-state index contributed by atoms with van der Waals surface area (Å²) in [6.07, 6.45) is 2.94. The molecule has 3 heterocycles. The van der Waals surface area contributed by atoms with E-state index in [9.17, 15) is 4.79 Å². The summed E-state index contributed by atoms with van der Waals surface area (Å²) in [5.74, 6) is 1.02. The number of benzene rings is 2. The van der Waals surface area contributed by atoms with Crippen LogP contribution in [0.2, 0.25) is 0 Å². The average Bonchev–Trinajstić information content (AvgIpc) is 3.42. The molecule has 1 aliphatic carbocycles. The van der Waals surface area contributed by atoms with Gasteiger partial charge in [0, 0.05) is 11.1 Å². The Balaban J connectivity index is 1.27. The van der Waals surface area contributed by atoms with Crippen molar-refractivity contribution in [2.45, 2.75) is 32.1 Å². The van der Waals surface area contributed by atoms with Crippen molar-refractivity contribution in [1.29, 1.82) is 0 Å². The lowest BCUT2D eigenvalue weighted by molar-refractivity contribution is 0.103.